The van der Waals surface area contributed by atoms with E-state index in [1.165, 1.54) is 7.11 Å². The maximum atomic E-state index is 12.5. The lowest BCUT2D eigenvalue weighted by atomic mass is 10.1. The van der Waals surface area contributed by atoms with Crippen LogP contribution in [0.5, 0.6) is 5.75 Å². The van der Waals surface area contributed by atoms with Crippen molar-refractivity contribution >= 4 is 11.6 Å². The molecule has 0 aliphatic heterocycles. The Kier molecular flexibility index (Phi) is 4.04. The molecule has 1 rings (SSSR count). The highest BCUT2D eigenvalue weighted by atomic mass is 35.5. The van der Waals surface area contributed by atoms with Crippen LogP contribution in [0.2, 0.25) is 5.02 Å². The van der Waals surface area contributed by atoms with Crippen molar-refractivity contribution < 1.29 is 17.9 Å². The molecule has 6 heteroatoms. The molecule has 16 heavy (non-hydrogen) atoms. The predicted molar refractivity (Wildman–Crippen MR) is 55.8 cm³/mol. The van der Waals surface area contributed by atoms with Gasteiger partial charge in [0.05, 0.1) is 12.7 Å². The molecular formula is C10H11ClF3NO. The molecule has 1 N–H and O–H groups in total. The smallest absolute Gasteiger partial charge is 0.416 e. The molecule has 0 aromatic heterocycles. The molecule has 0 aliphatic carbocycles. The second-order valence-corrected chi connectivity index (χ2v) is 3.57. The number of ether oxygens (including phenoxy) is 1. The molecule has 1 aromatic carbocycles. The lowest BCUT2D eigenvalue weighted by molar-refractivity contribution is -0.137. The molecular weight excluding hydrogens is 243 g/mol. The second kappa shape index (κ2) is 4.93. The third-order valence-electron chi connectivity index (χ3n) is 2.06. The lowest BCUT2D eigenvalue weighted by Gasteiger charge is -2.14. The molecule has 0 saturated carbocycles. The van der Waals surface area contributed by atoms with Crippen LogP contribution in [0.4, 0.5) is 13.2 Å². The number of hydrogen-bond donors (Lipinski definition) is 1. The summed E-state index contributed by atoms with van der Waals surface area (Å²) in [6.07, 6.45) is -4.42. The molecule has 0 amide bonds. The Morgan fingerprint density at radius 3 is 2.44 bits per heavy atom. The van der Waals surface area contributed by atoms with Gasteiger partial charge in [0, 0.05) is 17.1 Å². The van der Waals surface area contributed by atoms with Crippen molar-refractivity contribution in [3.05, 3.63) is 28.3 Å². The number of hydrogen-bond acceptors (Lipinski definition) is 2. The van der Waals surface area contributed by atoms with Gasteiger partial charge in [-0.25, -0.2) is 0 Å². The molecule has 90 valence electrons. The highest BCUT2D eigenvalue weighted by molar-refractivity contribution is 6.31. The first-order valence-corrected chi connectivity index (χ1v) is 4.86. The fourth-order valence-electron chi connectivity index (χ4n) is 1.31. The SMILES string of the molecule is CNCc1c(Cl)cc(C(F)(F)F)cc1OC. The first-order valence-electron chi connectivity index (χ1n) is 4.48. The Bertz CT molecular complexity index is 379. The Morgan fingerprint density at radius 1 is 1.38 bits per heavy atom. The summed E-state index contributed by atoms with van der Waals surface area (Å²) < 4.78 is 42.3. The fourth-order valence-corrected chi connectivity index (χ4v) is 1.58. The maximum absolute atomic E-state index is 12.5. The van der Waals surface area contributed by atoms with E-state index in [4.69, 9.17) is 16.3 Å². The van der Waals surface area contributed by atoms with E-state index in [1.807, 2.05) is 0 Å². The molecule has 0 spiro atoms. The molecule has 0 saturated heterocycles. The van der Waals surface area contributed by atoms with E-state index < -0.39 is 11.7 Å². The zero-order chi connectivity index (χ0) is 12.3. The maximum Gasteiger partial charge on any atom is 0.416 e. The van der Waals surface area contributed by atoms with E-state index in [2.05, 4.69) is 5.32 Å². The van der Waals surface area contributed by atoms with Crippen molar-refractivity contribution in [2.24, 2.45) is 0 Å². The fraction of sp³-hybridized carbons (Fsp3) is 0.400. The van der Waals surface area contributed by atoms with Crippen LogP contribution in [0.15, 0.2) is 12.1 Å². The topological polar surface area (TPSA) is 21.3 Å². The van der Waals surface area contributed by atoms with Gasteiger partial charge in [-0.1, -0.05) is 11.6 Å². The van der Waals surface area contributed by atoms with Crippen LogP contribution < -0.4 is 10.1 Å². The molecule has 0 heterocycles. The van der Waals surface area contributed by atoms with Crippen molar-refractivity contribution in [1.29, 1.82) is 0 Å². The van der Waals surface area contributed by atoms with E-state index in [-0.39, 0.29) is 10.8 Å². The molecule has 0 aliphatic rings. The summed E-state index contributed by atoms with van der Waals surface area (Å²) in [4.78, 5) is 0. The van der Waals surface area contributed by atoms with Gasteiger partial charge < -0.3 is 10.1 Å². The van der Waals surface area contributed by atoms with Crippen LogP contribution in [-0.4, -0.2) is 14.2 Å². The Balaban J connectivity index is 3.26. The number of alkyl halides is 3. The lowest BCUT2D eigenvalue weighted by Crippen LogP contribution is -2.10. The standard InChI is InChI=1S/C10H11ClF3NO/c1-15-5-7-8(11)3-6(10(12,13)14)4-9(7)16-2/h3-4,15H,5H2,1-2H3. The van der Waals surface area contributed by atoms with E-state index in [0.717, 1.165) is 12.1 Å². The quantitative estimate of drug-likeness (QED) is 0.894. The molecule has 0 bridgehead atoms. The Morgan fingerprint density at radius 2 is 2.00 bits per heavy atom. The van der Waals surface area contributed by atoms with Gasteiger partial charge in [0.25, 0.3) is 0 Å². The van der Waals surface area contributed by atoms with Crippen molar-refractivity contribution in [2.75, 3.05) is 14.2 Å². The summed E-state index contributed by atoms with van der Waals surface area (Å²) in [5, 5.41) is 2.85. The summed E-state index contributed by atoms with van der Waals surface area (Å²) in [5.41, 5.74) is -0.297. The van der Waals surface area contributed by atoms with Crippen molar-refractivity contribution in [2.45, 2.75) is 12.7 Å². The third kappa shape index (κ3) is 2.80. The van der Waals surface area contributed by atoms with Crippen LogP contribution in [0.1, 0.15) is 11.1 Å². The summed E-state index contributed by atoms with van der Waals surface area (Å²) in [5.74, 6) is 0.133. The third-order valence-corrected chi connectivity index (χ3v) is 2.39. The second-order valence-electron chi connectivity index (χ2n) is 3.17. The minimum atomic E-state index is -4.42. The summed E-state index contributed by atoms with van der Waals surface area (Å²) in [7, 11) is 2.98. The van der Waals surface area contributed by atoms with Gasteiger partial charge in [-0.15, -0.1) is 0 Å². The highest BCUT2D eigenvalue weighted by Crippen LogP contribution is 2.36. The zero-order valence-electron chi connectivity index (χ0n) is 8.78. The predicted octanol–water partition coefficient (Wildman–Crippen LogP) is 3.09. The number of nitrogens with one attached hydrogen (secondary N) is 1. The molecule has 1 aromatic rings. The molecule has 0 radical (unpaired) electrons. The summed E-state index contributed by atoms with van der Waals surface area (Å²) in [6.45, 7) is 0.347. The van der Waals surface area contributed by atoms with Crippen LogP contribution in [-0.2, 0) is 12.7 Å². The van der Waals surface area contributed by atoms with Crippen molar-refractivity contribution in [1.82, 2.24) is 5.32 Å². The van der Waals surface area contributed by atoms with Crippen LogP contribution in [0.3, 0.4) is 0 Å². The minimum absolute atomic E-state index is 0.0426. The van der Waals surface area contributed by atoms with Crippen LogP contribution in [0.25, 0.3) is 0 Å². The first-order chi connectivity index (χ1) is 7.40. The van der Waals surface area contributed by atoms with Gasteiger partial charge in [0.2, 0.25) is 0 Å². The average molecular weight is 254 g/mol. The van der Waals surface area contributed by atoms with Crippen molar-refractivity contribution in [3.8, 4) is 5.75 Å². The number of methoxy groups -OCH3 is 1. The van der Waals surface area contributed by atoms with Gasteiger partial charge in [-0.05, 0) is 19.2 Å². The summed E-state index contributed by atoms with van der Waals surface area (Å²) >= 11 is 5.78. The van der Waals surface area contributed by atoms with Gasteiger partial charge in [-0.2, -0.15) is 13.2 Å². The minimum Gasteiger partial charge on any atom is -0.496 e. The normalized spacial score (nSPS) is 11.6. The van der Waals surface area contributed by atoms with Gasteiger partial charge in [-0.3, -0.25) is 0 Å². The van der Waals surface area contributed by atoms with E-state index in [1.54, 1.807) is 7.05 Å². The number of halogens is 4. The first kappa shape index (κ1) is 13.1. The van der Waals surface area contributed by atoms with Gasteiger partial charge in [0.1, 0.15) is 5.75 Å². The Hall–Kier alpha value is -0.940. The zero-order valence-corrected chi connectivity index (χ0v) is 9.54. The summed E-state index contributed by atoms with van der Waals surface area (Å²) in [6, 6.07) is 1.84. The number of benzene rings is 1. The van der Waals surface area contributed by atoms with E-state index in [0.29, 0.717) is 12.1 Å². The highest BCUT2D eigenvalue weighted by Gasteiger charge is 2.32. The molecule has 0 atom stereocenters. The average Bonchev–Trinajstić information content (AvgIpc) is 2.19. The monoisotopic (exact) mass is 253 g/mol. The molecule has 2 nitrogen and oxygen atoms in total. The van der Waals surface area contributed by atoms with Crippen LogP contribution >= 0.6 is 11.6 Å². The van der Waals surface area contributed by atoms with Crippen molar-refractivity contribution in [3.63, 3.8) is 0 Å². The van der Waals surface area contributed by atoms with E-state index >= 15 is 0 Å². The van der Waals surface area contributed by atoms with Gasteiger partial charge in [0.15, 0.2) is 0 Å². The van der Waals surface area contributed by atoms with Gasteiger partial charge >= 0.3 is 6.18 Å². The largest absolute Gasteiger partial charge is 0.496 e. The van der Waals surface area contributed by atoms with Crippen LogP contribution in [0, 0.1) is 0 Å². The Labute approximate surface area is 96.4 Å². The molecule has 0 fully saturated rings. The molecule has 0 unspecified atom stereocenters. The number of rotatable bonds is 3. The van der Waals surface area contributed by atoms with E-state index in [9.17, 15) is 13.2 Å².